The van der Waals surface area contributed by atoms with Gasteiger partial charge >= 0.3 is 6.03 Å². The fourth-order valence-electron chi connectivity index (χ4n) is 1.63. The van der Waals surface area contributed by atoms with Crippen LogP contribution >= 0.6 is 11.6 Å². The van der Waals surface area contributed by atoms with Gasteiger partial charge in [-0.05, 0) is 31.5 Å². The Balaban J connectivity index is 2.07. The minimum atomic E-state index is -0.344. The molecule has 5 nitrogen and oxygen atoms in total. The number of halogens is 1. The van der Waals surface area contributed by atoms with E-state index in [1.54, 1.807) is 28.9 Å². The third-order valence-corrected chi connectivity index (χ3v) is 3.28. The fourth-order valence-corrected chi connectivity index (χ4v) is 1.81. The first-order chi connectivity index (χ1) is 8.97. The fraction of sp³-hybridized carbons (Fsp3) is 0.231. The van der Waals surface area contributed by atoms with E-state index >= 15 is 0 Å². The molecule has 2 aromatic rings. The zero-order chi connectivity index (χ0) is 14.0. The lowest BCUT2D eigenvalue weighted by atomic mass is 10.2. The first-order valence-corrected chi connectivity index (χ1v) is 6.19. The molecule has 0 spiro atoms. The molecule has 0 fully saturated rings. The molecule has 1 aromatic carbocycles. The molecule has 100 valence electrons. The topological polar surface area (TPSA) is 59.0 Å². The van der Waals surface area contributed by atoms with Gasteiger partial charge in [0.05, 0.1) is 0 Å². The molecule has 0 unspecified atom stereocenters. The summed E-state index contributed by atoms with van der Waals surface area (Å²) in [5.41, 5.74) is 2.48. The van der Waals surface area contributed by atoms with Crippen LogP contribution < -0.4 is 10.6 Å². The summed E-state index contributed by atoms with van der Waals surface area (Å²) in [5, 5.41) is 10.2. The van der Waals surface area contributed by atoms with Crippen LogP contribution in [0.4, 0.5) is 16.3 Å². The average molecular weight is 279 g/mol. The zero-order valence-corrected chi connectivity index (χ0v) is 11.7. The van der Waals surface area contributed by atoms with Crippen molar-refractivity contribution in [3.8, 4) is 0 Å². The molecule has 2 N–H and O–H groups in total. The lowest BCUT2D eigenvalue weighted by Gasteiger charge is -2.09. The molecule has 0 atom stereocenters. The van der Waals surface area contributed by atoms with E-state index in [0.29, 0.717) is 16.5 Å². The summed E-state index contributed by atoms with van der Waals surface area (Å²) >= 11 is 5.99. The Morgan fingerprint density at radius 2 is 2.05 bits per heavy atom. The monoisotopic (exact) mass is 278 g/mol. The van der Waals surface area contributed by atoms with Gasteiger partial charge in [-0.25, -0.2) is 4.79 Å². The van der Waals surface area contributed by atoms with E-state index in [1.807, 2.05) is 20.9 Å². The Morgan fingerprint density at radius 1 is 1.32 bits per heavy atom. The number of nitrogens with zero attached hydrogens (tertiary/aromatic N) is 2. The van der Waals surface area contributed by atoms with Crippen molar-refractivity contribution in [2.75, 3.05) is 10.6 Å². The third kappa shape index (κ3) is 3.06. The number of carbonyl (C=O) groups excluding carboxylic acids is 1. The molecule has 2 amide bonds. The number of aryl methyl sites for hydroxylation is 2. The van der Waals surface area contributed by atoms with E-state index in [0.717, 1.165) is 11.3 Å². The van der Waals surface area contributed by atoms with Crippen LogP contribution in [0.15, 0.2) is 24.3 Å². The van der Waals surface area contributed by atoms with Crippen molar-refractivity contribution < 1.29 is 4.79 Å². The zero-order valence-electron chi connectivity index (χ0n) is 11.0. The summed E-state index contributed by atoms with van der Waals surface area (Å²) in [6, 6.07) is 6.82. The van der Waals surface area contributed by atoms with E-state index in [9.17, 15) is 4.79 Å². The Morgan fingerprint density at radius 3 is 2.68 bits per heavy atom. The van der Waals surface area contributed by atoms with Crippen LogP contribution in [0.5, 0.6) is 0 Å². The van der Waals surface area contributed by atoms with Gasteiger partial charge in [0, 0.05) is 29.5 Å². The molecule has 0 bridgehead atoms. The minimum Gasteiger partial charge on any atom is -0.307 e. The Bertz CT molecular complexity index is 602. The van der Waals surface area contributed by atoms with Crippen molar-refractivity contribution in [2.45, 2.75) is 13.8 Å². The van der Waals surface area contributed by atoms with Gasteiger partial charge in [0.15, 0.2) is 5.82 Å². The maximum atomic E-state index is 11.9. The molecule has 19 heavy (non-hydrogen) atoms. The van der Waals surface area contributed by atoms with E-state index in [1.165, 1.54) is 0 Å². The normalized spacial score (nSPS) is 10.3. The predicted molar refractivity (Wildman–Crippen MR) is 76.8 cm³/mol. The molecule has 2 rings (SSSR count). The van der Waals surface area contributed by atoms with E-state index in [2.05, 4.69) is 15.7 Å². The summed E-state index contributed by atoms with van der Waals surface area (Å²) in [6.45, 7) is 3.76. The van der Waals surface area contributed by atoms with Crippen LogP contribution in [0.1, 0.15) is 11.3 Å². The quantitative estimate of drug-likeness (QED) is 0.885. The second-order valence-corrected chi connectivity index (χ2v) is 4.69. The van der Waals surface area contributed by atoms with Crippen molar-refractivity contribution in [2.24, 2.45) is 7.05 Å². The highest BCUT2D eigenvalue weighted by Gasteiger charge is 2.08. The number of amides is 2. The van der Waals surface area contributed by atoms with Crippen LogP contribution in [0.25, 0.3) is 0 Å². The van der Waals surface area contributed by atoms with Gasteiger partial charge < -0.3 is 5.32 Å². The van der Waals surface area contributed by atoms with Gasteiger partial charge in [0.25, 0.3) is 0 Å². The van der Waals surface area contributed by atoms with Crippen molar-refractivity contribution in [1.29, 1.82) is 0 Å². The summed E-state index contributed by atoms with van der Waals surface area (Å²) in [6.07, 6.45) is 0. The summed E-state index contributed by atoms with van der Waals surface area (Å²) in [4.78, 5) is 11.9. The minimum absolute atomic E-state index is 0.344. The van der Waals surface area contributed by atoms with Crippen LogP contribution in [0.2, 0.25) is 5.02 Å². The number of anilines is 2. The van der Waals surface area contributed by atoms with Gasteiger partial charge in [-0.3, -0.25) is 10.00 Å². The predicted octanol–water partition coefficient (Wildman–Crippen LogP) is 3.33. The van der Waals surface area contributed by atoms with Gasteiger partial charge in [0.2, 0.25) is 0 Å². The largest absolute Gasteiger partial charge is 0.324 e. The van der Waals surface area contributed by atoms with Crippen LogP contribution in [-0.2, 0) is 7.05 Å². The molecule has 1 aromatic heterocycles. The highest BCUT2D eigenvalue weighted by molar-refractivity contribution is 6.31. The lowest BCUT2D eigenvalue weighted by molar-refractivity contribution is 0.262. The number of rotatable bonds is 2. The Kier molecular flexibility index (Phi) is 3.76. The van der Waals surface area contributed by atoms with Gasteiger partial charge in [0.1, 0.15) is 0 Å². The van der Waals surface area contributed by atoms with Crippen molar-refractivity contribution in [3.63, 3.8) is 0 Å². The number of nitrogens with one attached hydrogen (secondary N) is 2. The molecule has 1 heterocycles. The van der Waals surface area contributed by atoms with Crippen molar-refractivity contribution >= 4 is 29.1 Å². The smallest absolute Gasteiger partial charge is 0.307 e. The molecule has 0 aliphatic carbocycles. The Labute approximate surface area is 116 Å². The molecular weight excluding hydrogens is 264 g/mol. The van der Waals surface area contributed by atoms with Crippen LogP contribution in [0.3, 0.4) is 0 Å². The number of hydrogen-bond acceptors (Lipinski definition) is 2. The van der Waals surface area contributed by atoms with Gasteiger partial charge in [-0.15, -0.1) is 0 Å². The highest BCUT2D eigenvalue weighted by Crippen LogP contribution is 2.23. The molecular formula is C13H15ClN4O. The SMILES string of the molecule is Cc1c(Cl)cccc1NC(=O)Nc1cc(C)n(C)n1. The first-order valence-electron chi connectivity index (χ1n) is 5.81. The summed E-state index contributed by atoms with van der Waals surface area (Å²) < 4.78 is 1.69. The Hall–Kier alpha value is -2.01. The van der Waals surface area contributed by atoms with E-state index < -0.39 is 0 Å². The van der Waals surface area contributed by atoms with Gasteiger partial charge in [-0.1, -0.05) is 17.7 Å². The molecule has 0 saturated heterocycles. The first kappa shape index (κ1) is 13.4. The van der Waals surface area contributed by atoms with Crippen LogP contribution in [-0.4, -0.2) is 15.8 Å². The maximum absolute atomic E-state index is 11.9. The van der Waals surface area contributed by atoms with E-state index in [-0.39, 0.29) is 6.03 Å². The second kappa shape index (κ2) is 5.32. The standard InChI is InChI=1S/C13H15ClN4O/c1-8-7-12(17-18(8)3)16-13(19)15-11-6-4-5-10(14)9(11)2/h4-7H,1-3H3,(H2,15,16,17,19). The summed E-state index contributed by atoms with van der Waals surface area (Å²) in [7, 11) is 1.82. The number of hydrogen-bond donors (Lipinski definition) is 2. The second-order valence-electron chi connectivity index (χ2n) is 4.29. The van der Waals surface area contributed by atoms with Gasteiger partial charge in [-0.2, -0.15) is 5.10 Å². The number of urea groups is 1. The van der Waals surface area contributed by atoms with Crippen LogP contribution in [0, 0.1) is 13.8 Å². The molecule has 0 saturated carbocycles. The third-order valence-electron chi connectivity index (χ3n) is 2.87. The maximum Gasteiger partial charge on any atom is 0.324 e. The highest BCUT2D eigenvalue weighted by atomic mass is 35.5. The van der Waals surface area contributed by atoms with Crippen molar-refractivity contribution in [1.82, 2.24) is 9.78 Å². The molecule has 0 aliphatic heterocycles. The molecule has 6 heteroatoms. The van der Waals surface area contributed by atoms with Crippen molar-refractivity contribution in [3.05, 3.63) is 40.5 Å². The molecule has 0 radical (unpaired) electrons. The number of benzene rings is 1. The number of carbonyl (C=O) groups is 1. The molecule has 0 aliphatic rings. The lowest BCUT2D eigenvalue weighted by Crippen LogP contribution is -2.20. The van der Waals surface area contributed by atoms with E-state index in [4.69, 9.17) is 11.6 Å². The average Bonchev–Trinajstić information content (AvgIpc) is 2.64. The number of aromatic nitrogens is 2. The summed E-state index contributed by atoms with van der Waals surface area (Å²) in [5.74, 6) is 0.511.